The monoisotopic (exact) mass is 239 g/mol. The fraction of sp³-hybridized carbons (Fsp3) is 0.571. The fourth-order valence-corrected chi connectivity index (χ4v) is 2.51. The zero-order valence-electron chi connectivity index (χ0n) is 10.7. The van der Waals surface area contributed by atoms with Crippen LogP contribution in [0.4, 0.5) is 0 Å². The molecule has 0 bridgehead atoms. The quantitative estimate of drug-likeness (QED) is 0.806. The van der Waals surface area contributed by atoms with E-state index in [4.69, 9.17) is 11.6 Å². The molecule has 2 atom stereocenters. The maximum absolute atomic E-state index is 6.17. The summed E-state index contributed by atoms with van der Waals surface area (Å²) in [5.41, 5.74) is 2.53. The number of hydrogen-bond acceptors (Lipinski definition) is 1. The second-order valence-electron chi connectivity index (χ2n) is 4.49. The molecule has 0 amide bonds. The molecule has 2 heteroatoms. The van der Waals surface area contributed by atoms with Crippen LogP contribution in [-0.2, 0) is 0 Å². The van der Waals surface area contributed by atoms with E-state index in [-0.39, 0.29) is 0 Å². The molecule has 0 saturated carbocycles. The largest absolute Gasteiger partial charge is 0.313 e. The van der Waals surface area contributed by atoms with Gasteiger partial charge in [-0.1, -0.05) is 44.0 Å². The lowest BCUT2D eigenvalue weighted by molar-refractivity contribution is 0.383. The highest BCUT2D eigenvalue weighted by molar-refractivity contribution is 6.31. The van der Waals surface area contributed by atoms with Crippen molar-refractivity contribution in [1.82, 2.24) is 5.32 Å². The molecule has 0 heterocycles. The van der Waals surface area contributed by atoms with Crippen molar-refractivity contribution >= 4 is 11.6 Å². The predicted molar refractivity (Wildman–Crippen MR) is 72.1 cm³/mol. The Bertz CT molecular complexity index is 336. The lowest BCUT2D eigenvalue weighted by atomic mass is 9.89. The molecule has 1 nitrogen and oxygen atoms in total. The molecule has 0 radical (unpaired) electrons. The Kier molecular flexibility index (Phi) is 5.30. The molecule has 1 rings (SSSR count). The number of halogens is 1. The van der Waals surface area contributed by atoms with Crippen molar-refractivity contribution in [1.29, 1.82) is 0 Å². The lowest BCUT2D eigenvalue weighted by Crippen LogP contribution is -2.24. The van der Waals surface area contributed by atoms with Crippen LogP contribution in [0.2, 0.25) is 5.02 Å². The summed E-state index contributed by atoms with van der Waals surface area (Å²) < 4.78 is 0. The molecule has 1 N–H and O–H groups in total. The van der Waals surface area contributed by atoms with Crippen LogP contribution in [-0.4, -0.2) is 7.05 Å². The minimum Gasteiger partial charge on any atom is -0.313 e. The molecule has 0 fully saturated rings. The van der Waals surface area contributed by atoms with E-state index in [0.717, 1.165) is 5.02 Å². The zero-order valence-corrected chi connectivity index (χ0v) is 11.4. The summed E-state index contributed by atoms with van der Waals surface area (Å²) in [5, 5.41) is 4.27. The van der Waals surface area contributed by atoms with Gasteiger partial charge in [0.25, 0.3) is 0 Å². The maximum Gasteiger partial charge on any atom is 0.0438 e. The van der Waals surface area contributed by atoms with Crippen molar-refractivity contribution in [3.8, 4) is 0 Å². The Morgan fingerprint density at radius 2 is 2.06 bits per heavy atom. The van der Waals surface area contributed by atoms with E-state index in [1.807, 2.05) is 19.2 Å². The molecule has 16 heavy (non-hydrogen) atoms. The van der Waals surface area contributed by atoms with Gasteiger partial charge in [0, 0.05) is 11.1 Å². The van der Waals surface area contributed by atoms with Gasteiger partial charge in [-0.3, -0.25) is 0 Å². The standard InChI is InChI=1S/C14H22ClN/c1-5-7-10(2)14(16-4)12-8-6-9-13(15)11(12)3/h6,8-10,14,16H,5,7H2,1-4H3. The minimum absolute atomic E-state index is 0.402. The summed E-state index contributed by atoms with van der Waals surface area (Å²) in [4.78, 5) is 0. The van der Waals surface area contributed by atoms with Crippen molar-refractivity contribution in [3.05, 3.63) is 34.3 Å². The van der Waals surface area contributed by atoms with Crippen LogP contribution in [0.3, 0.4) is 0 Å². The van der Waals surface area contributed by atoms with Gasteiger partial charge in [0.05, 0.1) is 0 Å². The average molecular weight is 240 g/mol. The lowest BCUT2D eigenvalue weighted by Gasteiger charge is -2.25. The van der Waals surface area contributed by atoms with Crippen molar-refractivity contribution in [2.75, 3.05) is 7.05 Å². The fourth-order valence-electron chi connectivity index (χ4n) is 2.33. The zero-order chi connectivity index (χ0) is 12.1. The van der Waals surface area contributed by atoms with E-state index in [1.54, 1.807) is 0 Å². The SMILES string of the molecule is CCCC(C)C(NC)c1cccc(Cl)c1C. The van der Waals surface area contributed by atoms with Gasteiger partial charge >= 0.3 is 0 Å². The first-order chi connectivity index (χ1) is 7.61. The second-order valence-corrected chi connectivity index (χ2v) is 4.89. The van der Waals surface area contributed by atoms with Crippen LogP contribution >= 0.6 is 11.6 Å². The van der Waals surface area contributed by atoms with Crippen LogP contribution in [0, 0.1) is 12.8 Å². The van der Waals surface area contributed by atoms with Gasteiger partial charge in [0.15, 0.2) is 0 Å². The predicted octanol–water partition coefficient (Wildman–Crippen LogP) is 4.35. The van der Waals surface area contributed by atoms with E-state index in [1.165, 1.54) is 24.0 Å². The molecule has 0 aliphatic carbocycles. The molecular weight excluding hydrogens is 218 g/mol. The van der Waals surface area contributed by atoms with E-state index >= 15 is 0 Å². The number of nitrogens with one attached hydrogen (secondary N) is 1. The molecule has 0 aliphatic heterocycles. The van der Waals surface area contributed by atoms with Crippen molar-refractivity contribution < 1.29 is 0 Å². The maximum atomic E-state index is 6.17. The van der Waals surface area contributed by atoms with Crippen molar-refractivity contribution in [2.45, 2.75) is 39.7 Å². The van der Waals surface area contributed by atoms with Gasteiger partial charge in [-0.2, -0.15) is 0 Å². The van der Waals surface area contributed by atoms with Gasteiger partial charge in [-0.05, 0) is 43.5 Å². The first-order valence-electron chi connectivity index (χ1n) is 6.04. The van der Waals surface area contributed by atoms with Gasteiger partial charge in [-0.15, -0.1) is 0 Å². The van der Waals surface area contributed by atoms with Crippen LogP contribution in [0.5, 0.6) is 0 Å². The normalized spacial score (nSPS) is 14.8. The summed E-state index contributed by atoms with van der Waals surface area (Å²) >= 11 is 6.17. The van der Waals surface area contributed by atoms with Gasteiger partial charge in [0.2, 0.25) is 0 Å². The Hall–Kier alpha value is -0.530. The molecule has 0 spiro atoms. The third-order valence-electron chi connectivity index (χ3n) is 3.27. The Balaban J connectivity index is 2.99. The summed E-state index contributed by atoms with van der Waals surface area (Å²) in [7, 11) is 2.02. The highest BCUT2D eigenvalue weighted by Crippen LogP contribution is 2.30. The number of hydrogen-bond donors (Lipinski definition) is 1. The van der Waals surface area contributed by atoms with Crippen LogP contribution in [0.15, 0.2) is 18.2 Å². The van der Waals surface area contributed by atoms with Crippen molar-refractivity contribution in [2.24, 2.45) is 5.92 Å². The molecule has 90 valence electrons. The number of benzene rings is 1. The van der Waals surface area contributed by atoms with Gasteiger partial charge < -0.3 is 5.32 Å². The third-order valence-corrected chi connectivity index (χ3v) is 3.68. The topological polar surface area (TPSA) is 12.0 Å². The molecule has 2 unspecified atom stereocenters. The van der Waals surface area contributed by atoms with Gasteiger partial charge in [0.1, 0.15) is 0 Å². The molecule has 1 aromatic carbocycles. The average Bonchev–Trinajstić information content (AvgIpc) is 2.25. The van der Waals surface area contributed by atoms with E-state index < -0.39 is 0 Å². The summed E-state index contributed by atoms with van der Waals surface area (Å²) in [6, 6.07) is 6.57. The third kappa shape index (κ3) is 2.99. The smallest absolute Gasteiger partial charge is 0.0438 e. The van der Waals surface area contributed by atoms with Crippen LogP contribution in [0.1, 0.15) is 43.9 Å². The molecular formula is C14H22ClN. The Labute approximate surface area is 104 Å². The summed E-state index contributed by atoms with van der Waals surface area (Å²) in [6.07, 6.45) is 2.45. The second kappa shape index (κ2) is 6.27. The molecule has 0 saturated heterocycles. The van der Waals surface area contributed by atoms with Crippen LogP contribution in [0.25, 0.3) is 0 Å². The molecule has 0 aromatic heterocycles. The van der Waals surface area contributed by atoms with Gasteiger partial charge in [-0.25, -0.2) is 0 Å². The minimum atomic E-state index is 0.402. The Morgan fingerprint density at radius 1 is 1.38 bits per heavy atom. The summed E-state index contributed by atoms with van der Waals surface area (Å²) in [6.45, 7) is 6.62. The first-order valence-corrected chi connectivity index (χ1v) is 6.41. The van der Waals surface area contributed by atoms with E-state index in [9.17, 15) is 0 Å². The number of rotatable bonds is 5. The first kappa shape index (κ1) is 13.5. The van der Waals surface area contributed by atoms with Crippen molar-refractivity contribution in [3.63, 3.8) is 0 Å². The van der Waals surface area contributed by atoms with E-state index in [2.05, 4.69) is 32.2 Å². The molecule has 0 aliphatic rings. The molecule has 1 aromatic rings. The Morgan fingerprint density at radius 3 is 2.62 bits per heavy atom. The van der Waals surface area contributed by atoms with E-state index in [0.29, 0.717) is 12.0 Å². The highest BCUT2D eigenvalue weighted by Gasteiger charge is 2.19. The highest BCUT2D eigenvalue weighted by atomic mass is 35.5. The summed E-state index contributed by atoms with van der Waals surface area (Å²) in [5.74, 6) is 0.632. The van der Waals surface area contributed by atoms with Crippen LogP contribution < -0.4 is 5.32 Å².